The predicted octanol–water partition coefficient (Wildman–Crippen LogP) is 5.15. The van der Waals surface area contributed by atoms with Crippen molar-refractivity contribution in [2.75, 3.05) is 44.9 Å². The molecule has 2 aromatic carbocycles. The first-order chi connectivity index (χ1) is 19.1. The first kappa shape index (κ1) is 30.7. The molecule has 9 nitrogen and oxygen atoms in total. The molecule has 2 aliphatic heterocycles. The zero-order valence-electron chi connectivity index (χ0n) is 26.0. The molecule has 0 aromatic heterocycles. The molecule has 2 atom stereocenters. The Kier molecular flexibility index (Phi) is 8.62. The normalized spacial score (nSPS) is 21.7. The number of piperidine rings is 1. The van der Waals surface area contributed by atoms with Gasteiger partial charge < -0.3 is 30.7 Å². The maximum Gasteiger partial charge on any atom is 0.319 e. The molecule has 9 heteroatoms. The molecule has 0 radical (unpaired) electrons. The highest BCUT2D eigenvalue weighted by Crippen LogP contribution is 2.40. The molecule has 41 heavy (non-hydrogen) atoms. The van der Waals surface area contributed by atoms with Gasteiger partial charge >= 0.3 is 6.03 Å². The van der Waals surface area contributed by atoms with Crippen LogP contribution in [0.25, 0.3) is 0 Å². The van der Waals surface area contributed by atoms with Crippen molar-refractivity contribution < 1.29 is 19.4 Å². The summed E-state index contributed by atoms with van der Waals surface area (Å²) in [6.07, 6.45) is 1.79. The van der Waals surface area contributed by atoms with E-state index in [0.717, 1.165) is 25.9 Å². The van der Waals surface area contributed by atoms with Crippen molar-refractivity contribution in [1.29, 1.82) is 0 Å². The van der Waals surface area contributed by atoms with Gasteiger partial charge in [0, 0.05) is 54.0 Å². The Morgan fingerprint density at radius 2 is 1.44 bits per heavy atom. The fraction of sp³-hybridized carbons (Fsp3) is 0.562. The third kappa shape index (κ3) is 6.96. The zero-order chi connectivity index (χ0) is 30.3. The molecule has 2 unspecified atom stereocenters. The summed E-state index contributed by atoms with van der Waals surface area (Å²) in [5.41, 5.74) is 1.98. The molecule has 0 spiro atoms. The van der Waals surface area contributed by atoms with Crippen molar-refractivity contribution in [2.45, 2.75) is 83.3 Å². The average molecular weight is 566 g/mol. The van der Waals surface area contributed by atoms with E-state index in [1.807, 2.05) is 41.5 Å². The van der Waals surface area contributed by atoms with Crippen LogP contribution in [0, 0.1) is 0 Å². The molecule has 2 bridgehead atoms. The van der Waals surface area contributed by atoms with Crippen molar-refractivity contribution in [3.8, 4) is 11.5 Å². The Labute approximate surface area is 244 Å². The Morgan fingerprint density at radius 3 is 1.95 bits per heavy atom. The molecule has 4 N–H and O–H groups in total. The number of carbonyl (C=O) groups is 2. The summed E-state index contributed by atoms with van der Waals surface area (Å²) >= 11 is 0. The number of rotatable bonds is 5. The SMILES string of the molecule is COc1ccc(NC(=O)NC2CC3CN(C)CC(C2)N3C)c(NC(=O)c2cc(C(C)(C)C)c(O)c(C(C)(C)C)c2)c1. The molecule has 224 valence electrons. The lowest BCUT2D eigenvalue weighted by molar-refractivity contribution is 0.0101. The smallest absolute Gasteiger partial charge is 0.319 e. The van der Waals surface area contributed by atoms with E-state index in [1.54, 1.807) is 37.4 Å². The molecule has 2 aromatic rings. The summed E-state index contributed by atoms with van der Waals surface area (Å²) < 4.78 is 5.41. The number of benzene rings is 2. The number of nitrogens with zero attached hydrogens (tertiary/aromatic N) is 2. The van der Waals surface area contributed by atoms with Gasteiger partial charge in [0.25, 0.3) is 5.91 Å². The number of urea groups is 1. The van der Waals surface area contributed by atoms with Crippen LogP contribution in [0.4, 0.5) is 16.2 Å². The number of nitrogens with one attached hydrogen (secondary N) is 3. The number of carbonyl (C=O) groups excluding carboxylic acids is 2. The maximum absolute atomic E-state index is 13.6. The third-order valence-corrected chi connectivity index (χ3v) is 8.36. The van der Waals surface area contributed by atoms with E-state index in [4.69, 9.17) is 4.74 Å². The molecule has 2 aliphatic rings. The minimum atomic E-state index is -0.372. The van der Waals surface area contributed by atoms with E-state index in [-0.39, 0.29) is 34.6 Å². The largest absolute Gasteiger partial charge is 0.507 e. The van der Waals surface area contributed by atoms with Crippen molar-refractivity contribution in [1.82, 2.24) is 15.1 Å². The van der Waals surface area contributed by atoms with Crippen LogP contribution in [0.2, 0.25) is 0 Å². The number of phenolic OH excluding ortho intramolecular Hbond substituents is 1. The number of piperazine rings is 1. The van der Waals surface area contributed by atoms with Gasteiger partial charge in [-0.05, 0) is 62.0 Å². The van der Waals surface area contributed by atoms with Gasteiger partial charge in [-0.1, -0.05) is 41.5 Å². The molecule has 4 rings (SSSR count). The highest BCUT2D eigenvalue weighted by atomic mass is 16.5. The number of phenols is 1. The van der Waals surface area contributed by atoms with Crippen LogP contribution in [0.3, 0.4) is 0 Å². The molecular formula is C32H47N5O4. The van der Waals surface area contributed by atoms with E-state index >= 15 is 0 Å². The van der Waals surface area contributed by atoms with E-state index < -0.39 is 0 Å². The second-order valence-electron chi connectivity index (χ2n) is 13.7. The highest BCUT2D eigenvalue weighted by molar-refractivity contribution is 6.07. The number of aromatic hydroxyl groups is 1. The minimum absolute atomic E-state index is 0.0785. The van der Waals surface area contributed by atoms with Gasteiger partial charge in [-0.3, -0.25) is 9.69 Å². The lowest BCUT2D eigenvalue weighted by atomic mass is 9.78. The van der Waals surface area contributed by atoms with Gasteiger partial charge in [-0.2, -0.15) is 0 Å². The van der Waals surface area contributed by atoms with Crippen LogP contribution in [-0.4, -0.2) is 79.3 Å². The van der Waals surface area contributed by atoms with Gasteiger partial charge in [0.2, 0.25) is 0 Å². The number of anilines is 2. The fourth-order valence-corrected chi connectivity index (χ4v) is 6.01. The van der Waals surface area contributed by atoms with Gasteiger partial charge in [-0.25, -0.2) is 4.79 Å². The maximum atomic E-state index is 13.6. The number of hydrogen-bond donors (Lipinski definition) is 4. The van der Waals surface area contributed by atoms with Crippen LogP contribution < -0.4 is 20.7 Å². The van der Waals surface area contributed by atoms with Crippen molar-refractivity contribution >= 4 is 23.3 Å². The summed E-state index contributed by atoms with van der Waals surface area (Å²) in [4.78, 5) is 31.6. The molecule has 0 saturated carbocycles. The predicted molar refractivity (Wildman–Crippen MR) is 164 cm³/mol. The number of amides is 3. The number of ether oxygens (including phenoxy) is 1. The molecule has 2 saturated heterocycles. The van der Waals surface area contributed by atoms with E-state index in [2.05, 4.69) is 39.8 Å². The Balaban J connectivity index is 1.55. The molecule has 2 heterocycles. The van der Waals surface area contributed by atoms with Crippen LogP contribution >= 0.6 is 0 Å². The zero-order valence-corrected chi connectivity index (χ0v) is 26.0. The van der Waals surface area contributed by atoms with Crippen molar-refractivity contribution in [3.05, 3.63) is 47.0 Å². The topological polar surface area (TPSA) is 106 Å². The van der Waals surface area contributed by atoms with Crippen molar-refractivity contribution in [2.24, 2.45) is 0 Å². The Hall–Kier alpha value is -3.30. The second-order valence-corrected chi connectivity index (χ2v) is 13.7. The number of hydrogen-bond acceptors (Lipinski definition) is 6. The van der Waals surface area contributed by atoms with Crippen LogP contribution in [-0.2, 0) is 10.8 Å². The summed E-state index contributed by atoms with van der Waals surface area (Å²) in [6.45, 7) is 14.0. The summed E-state index contributed by atoms with van der Waals surface area (Å²) in [5.74, 6) is 0.423. The minimum Gasteiger partial charge on any atom is -0.507 e. The molecule has 0 aliphatic carbocycles. The molecule has 3 amide bonds. The lowest BCUT2D eigenvalue weighted by Crippen LogP contribution is -2.63. The standard InChI is InChI=1S/C32H47N5O4/c1-31(2,3)24-12-19(13-25(28(24)38)32(4,5)6)29(39)34-27-16-23(41-9)10-11-26(27)35-30(40)33-20-14-21-17-36(7)18-22(15-20)37(21)8/h10-13,16,20-22,38H,14-15,17-18H2,1-9H3,(H,34,39)(H2,33,35,40). The number of methoxy groups -OCH3 is 1. The van der Waals surface area contributed by atoms with Gasteiger partial charge in [0.1, 0.15) is 11.5 Å². The van der Waals surface area contributed by atoms with E-state index in [1.165, 1.54) is 0 Å². The third-order valence-electron chi connectivity index (χ3n) is 8.36. The van der Waals surface area contributed by atoms with Gasteiger partial charge in [0.05, 0.1) is 18.5 Å². The van der Waals surface area contributed by atoms with Gasteiger partial charge in [0.15, 0.2) is 0 Å². The Bertz CT molecular complexity index is 1240. The summed E-state index contributed by atoms with van der Waals surface area (Å²) in [7, 11) is 5.88. The number of likely N-dealkylation sites (N-methyl/N-ethyl adjacent to an activating group) is 2. The van der Waals surface area contributed by atoms with Gasteiger partial charge in [-0.15, -0.1) is 0 Å². The first-order valence-corrected chi connectivity index (χ1v) is 14.4. The van der Waals surface area contributed by atoms with Crippen LogP contribution in [0.15, 0.2) is 30.3 Å². The first-order valence-electron chi connectivity index (χ1n) is 14.4. The second kappa shape index (κ2) is 11.5. The number of likely N-dealkylation sites (tertiary alicyclic amines) is 1. The van der Waals surface area contributed by atoms with E-state index in [9.17, 15) is 14.7 Å². The van der Waals surface area contributed by atoms with Crippen LogP contribution in [0.5, 0.6) is 11.5 Å². The Morgan fingerprint density at radius 1 is 0.878 bits per heavy atom. The summed E-state index contributed by atoms with van der Waals surface area (Å²) in [5, 5.41) is 20.2. The average Bonchev–Trinajstić information content (AvgIpc) is 2.85. The molecule has 2 fully saturated rings. The lowest BCUT2D eigenvalue weighted by Gasteiger charge is -2.50. The molecular weight excluding hydrogens is 518 g/mol. The highest BCUT2D eigenvalue weighted by Gasteiger charge is 2.38. The number of fused-ring (bicyclic) bond motifs is 2. The summed E-state index contributed by atoms with van der Waals surface area (Å²) in [6, 6.07) is 9.25. The van der Waals surface area contributed by atoms with E-state index in [0.29, 0.717) is 45.9 Å². The van der Waals surface area contributed by atoms with Crippen LogP contribution in [0.1, 0.15) is 75.9 Å². The monoisotopic (exact) mass is 565 g/mol. The fourth-order valence-electron chi connectivity index (χ4n) is 6.01. The van der Waals surface area contributed by atoms with Crippen molar-refractivity contribution in [3.63, 3.8) is 0 Å². The quantitative estimate of drug-likeness (QED) is 0.400.